The molecule has 0 saturated carbocycles. The maximum absolute atomic E-state index is 4.72. The Hall–Kier alpha value is -2.75. The Labute approximate surface area is 115 Å². The van der Waals surface area contributed by atoms with Crippen LogP contribution in [0.2, 0.25) is 0 Å². The maximum Gasteiger partial charge on any atom is 0.154 e. The average molecular weight is 260 g/mol. The summed E-state index contributed by atoms with van der Waals surface area (Å²) in [4.78, 5) is 9.18. The summed E-state index contributed by atoms with van der Waals surface area (Å²) >= 11 is 0. The second-order valence-electron chi connectivity index (χ2n) is 4.78. The lowest BCUT2D eigenvalue weighted by molar-refractivity contribution is 0.838. The zero-order valence-electron chi connectivity index (χ0n) is 11.0. The third-order valence-corrected chi connectivity index (χ3v) is 3.37. The van der Waals surface area contributed by atoms with E-state index in [0.717, 1.165) is 33.3 Å². The van der Waals surface area contributed by atoms with Crippen molar-refractivity contribution in [3.8, 4) is 5.82 Å². The first-order chi connectivity index (χ1) is 9.81. The van der Waals surface area contributed by atoms with Gasteiger partial charge >= 0.3 is 0 Å². The normalized spacial score (nSPS) is 11.2. The van der Waals surface area contributed by atoms with Crippen LogP contribution in [0.3, 0.4) is 0 Å². The molecule has 3 heterocycles. The van der Waals surface area contributed by atoms with Gasteiger partial charge in [0.1, 0.15) is 0 Å². The third kappa shape index (κ3) is 1.66. The maximum atomic E-state index is 4.72. The van der Waals surface area contributed by atoms with Crippen molar-refractivity contribution in [2.24, 2.45) is 0 Å². The highest BCUT2D eigenvalue weighted by Crippen LogP contribution is 2.22. The fourth-order valence-corrected chi connectivity index (χ4v) is 2.38. The summed E-state index contributed by atoms with van der Waals surface area (Å²) in [6, 6.07) is 14.1. The van der Waals surface area contributed by atoms with Crippen molar-refractivity contribution in [3.63, 3.8) is 0 Å². The van der Waals surface area contributed by atoms with E-state index in [9.17, 15) is 0 Å². The number of benzene rings is 1. The molecule has 0 aliphatic carbocycles. The lowest BCUT2D eigenvalue weighted by atomic mass is 10.1. The molecule has 0 spiro atoms. The Balaban J connectivity index is 2.04. The molecule has 3 aromatic heterocycles. The summed E-state index contributed by atoms with van der Waals surface area (Å²) in [6.07, 6.45) is 3.72. The van der Waals surface area contributed by atoms with Crippen LogP contribution in [0.15, 0.2) is 54.9 Å². The molecular weight excluding hydrogens is 248 g/mol. The largest absolute Gasteiger partial charge is 0.254 e. The van der Waals surface area contributed by atoms with Crippen LogP contribution in [0.1, 0.15) is 5.69 Å². The van der Waals surface area contributed by atoms with E-state index in [1.54, 1.807) is 10.9 Å². The molecule has 1 aromatic carbocycles. The van der Waals surface area contributed by atoms with Gasteiger partial charge in [0.15, 0.2) is 5.82 Å². The molecular formula is C16H12N4. The molecule has 0 atom stereocenters. The van der Waals surface area contributed by atoms with Gasteiger partial charge in [-0.1, -0.05) is 18.2 Å². The first kappa shape index (κ1) is 11.1. The summed E-state index contributed by atoms with van der Waals surface area (Å²) < 4.78 is 1.79. The van der Waals surface area contributed by atoms with Crippen molar-refractivity contribution in [2.75, 3.05) is 0 Å². The number of pyridine rings is 2. The molecule has 0 aliphatic heterocycles. The van der Waals surface area contributed by atoms with Gasteiger partial charge in [-0.25, -0.2) is 9.67 Å². The fourth-order valence-electron chi connectivity index (χ4n) is 2.38. The topological polar surface area (TPSA) is 43.6 Å². The van der Waals surface area contributed by atoms with Crippen molar-refractivity contribution in [1.82, 2.24) is 19.7 Å². The standard InChI is InChI=1S/C16H12N4/c1-11-8-10-20(19-11)14-7-6-13-5-4-12-3-2-9-17-15(12)16(13)18-14/h2-10H,1H3. The molecule has 4 heteroatoms. The van der Waals surface area contributed by atoms with E-state index in [2.05, 4.69) is 28.3 Å². The van der Waals surface area contributed by atoms with Crippen LogP contribution in [0.4, 0.5) is 0 Å². The predicted octanol–water partition coefficient (Wildman–Crippen LogP) is 3.28. The molecule has 4 aromatic rings. The van der Waals surface area contributed by atoms with Crippen LogP contribution in [0, 0.1) is 6.92 Å². The number of nitrogens with zero attached hydrogens (tertiary/aromatic N) is 4. The number of fused-ring (bicyclic) bond motifs is 3. The van der Waals surface area contributed by atoms with E-state index < -0.39 is 0 Å². The zero-order chi connectivity index (χ0) is 13.5. The number of hydrogen-bond donors (Lipinski definition) is 0. The van der Waals surface area contributed by atoms with E-state index in [0.29, 0.717) is 0 Å². The minimum atomic E-state index is 0.809. The van der Waals surface area contributed by atoms with Gasteiger partial charge in [-0.05, 0) is 31.2 Å². The molecule has 0 aliphatic rings. The molecule has 0 bridgehead atoms. The molecule has 4 nitrogen and oxygen atoms in total. The Bertz CT molecular complexity index is 924. The van der Waals surface area contributed by atoms with Gasteiger partial charge in [-0.3, -0.25) is 4.98 Å². The minimum absolute atomic E-state index is 0.809. The number of aryl methyl sites for hydroxylation is 1. The highest BCUT2D eigenvalue weighted by Gasteiger charge is 2.06. The first-order valence-corrected chi connectivity index (χ1v) is 6.48. The van der Waals surface area contributed by atoms with Crippen molar-refractivity contribution in [1.29, 1.82) is 0 Å². The SMILES string of the molecule is Cc1ccn(-c2ccc3ccc4cccnc4c3n2)n1. The van der Waals surface area contributed by atoms with Crippen molar-refractivity contribution in [3.05, 3.63) is 60.6 Å². The van der Waals surface area contributed by atoms with Gasteiger partial charge in [0.25, 0.3) is 0 Å². The molecule has 0 saturated heterocycles. The average Bonchev–Trinajstić information content (AvgIpc) is 2.93. The molecule has 0 fully saturated rings. The molecule has 96 valence electrons. The van der Waals surface area contributed by atoms with E-state index in [1.165, 1.54) is 0 Å². The van der Waals surface area contributed by atoms with Crippen LogP contribution in [0.25, 0.3) is 27.6 Å². The number of hydrogen-bond acceptors (Lipinski definition) is 3. The van der Waals surface area contributed by atoms with Crippen LogP contribution >= 0.6 is 0 Å². The van der Waals surface area contributed by atoms with E-state index in [4.69, 9.17) is 4.98 Å². The fraction of sp³-hybridized carbons (Fsp3) is 0.0625. The van der Waals surface area contributed by atoms with Gasteiger partial charge in [-0.15, -0.1) is 0 Å². The Morgan fingerprint density at radius 3 is 2.50 bits per heavy atom. The third-order valence-electron chi connectivity index (χ3n) is 3.37. The second-order valence-corrected chi connectivity index (χ2v) is 4.78. The highest BCUT2D eigenvalue weighted by molar-refractivity contribution is 6.02. The summed E-state index contributed by atoms with van der Waals surface area (Å²) in [5, 5.41) is 6.59. The Morgan fingerprint density at radius 2 is 1.70 bits per heavy atom. The number of rotatable bonds is 1. The van der Waals surface area contributed by atoms with Gasteiger partial charge in [0, 0.05) is 23.2 Å². The zero-order valence-corrected chi connectivity index (χ0v) is 11.0. The summed E-state index contributed by atoms with van der Waals surface area (Å²) in [6.45, 7) is 1.97. The van der Waals surface area contributed by atoms with Gasteiger partial charge in [0.2, 0.25) is 0 Å². The Morgan fingerprint density at radius 1 is 0.900 bits per heavy atom. The van der Waals surface area contributed by atoms with Crippen LogP contribution in [-0.2, 0) is 0 Å². The summed E-state index contributed by atoms with van der Waals surface area (Å²) in [5.41, 5.74) is 2.81. The first-order valence-electron chi connectivity index (χ1n) is 6.48. The molecule has 0 N–H and O–H groups in total. The highest BCUT2D eigenvalue weighted by atomic mass is 15.3. The summed E-state index contributed by atoms with van der Waals surface area (Å²) in [7, 11) is 0. The van der Waals surface area contributed by atoms with Crippen molar-refractivity contribution >= 4 is 21.8 Å². The van der Waals surface area contributed by atoms with Crippen LogP contribution in [-0.4, -0.2) is 19.7 Å². The Kier molecular flexibility index (Phi) is 2.29. The van der Waals surface area contributed by atoms with Gasteiger partial charge in [-0.2, -0.15) is 5.10 Å². The second kappa shape index (κ2) is 4.13. The van der Waals surface area contributed by atoms with Crippen LogP contribution < -0.4 is 0 Å². The molecule has 0 unspecified atom stereocenters. The lowest BCUT2D eigenvalue weighted by Gasteiger charge is -2.05. The lowest BCUT2D eigenvalue weighted by Crippen LogP contribution is -1.99. The molecule has 0 amide bonds. The quantitative estimate of drug-likeness (QED) is 0.493. The van der Waals surface area contributed by atoms with Gasteiger partial charge in [0.05, 0.1) is 16.7 Å². The minimum Gasteiger partial charge on any atom is -0.254 e. The van der Waals surface area contributed by atoms with Crippen LogP contribution in [0.5, 0.6) is 0 Å². The van der Waals surface area contributed by atoms with E-state index in [1.807, 2.05) is 37.4 Å². The van der Waals surface area contributed by atoms with Crippen molar-refractivity contribution < 1.29 is 0 Å². The predicted molar refractivity (Wildman–Crippen MR) is 78.9 cm³/mol. The molecule has 0 radical (unpaired) electrons. The smallest absolute Gasteiger partial charge is 0.154 e. The van der Waals surface area contributed by atoms with E-state index in [-0.39, 0.29) is 0 Å². The molecule has 4 rings (SSSR count). The molecule has 20 heavy (non-hydrogen) atoms. The van der Waals surface area contributed by atoms with E-state index >= 15 is 0 Å². The van der Waals surface area contributed by atoms with Crippen molar-refractivity contribution in [2.45, 2.75) is 6.92 Å². The monoisotopic (exact) mass is 260 g/mol. The number of aromatic nitrogens is 4. The summed E-state index contributed by atoms with van der Waals surface area (Å²) in [5.74, 6) is 0.809. The van der Waals surface area contributed by atoms with Gasteiger partial charge < -0.3 is 0 Å².